The van der Waals surface area contributed by atoms with E-state index in [4.69, 9.17) is 4.74 Å². The Morgan fingerprint density at radius 3 is 2.82 bits per heavy atom. The summed E-state index contributed by atoms with van der Waals surface area (Å²) in [6.45, 7) is 4.71. The Morgan fingerprint density at radius 2 is 2.09 bits per heavy atom. The molecular weight excluding hydrogens is 440 g/mol. The molecule has 0 radical (unpaired) electrons. The van der Waals surface area contributed by atoms with Gasteiger partial charge in [0.05, 0.1) is 34.1 Å². The van der Waals surface area contributed by atoms with Crippen LogP contribution in [0.2, 0.25) is 0 Å². The van der Waals surface area contributed by atoms with E-state index in [1.54, 1.807) is 23.1 Å². The molecule has 4 rings (SSSR count). The molecule has 0 saturated carbocycles. The van der Waals surface area contributed by atoms with Crippen molar-refractivity contribution in [1.82, 2.24) is 15.2 Å². The van der Waals surface area contributed by atoms with Gasteiger partial charge in [0.15, 0.2) is 10.8 Å². The van der Waals surface area contributed by atoms with E-state index in [2.05, 4.69) is 15.6 Å². The first-order chi connectivity index (χ1) is 15.9. The molecule has 0 unspecified atom stereocenters. The Balaban J connectivity index is 1.72. The molecule has 0 aliphatic carbocycles. The predicted molar refractivity (Wildman–Crippen MR) is 129 cm³/mol. The monoisotopic (exact) mass is 468 g/mol. The van der Waals surface area contributed by atoms with Gasteiger partial charge in [-0.1, -0.05) is 25.1 Å². The van der Waals surface area contributed by atoms with Gasteiger partial charge in [-0.25, -0.2) is 4.98 Å². The number of carbonyl (C=O) groups excluding carboxylic acids is 2. The molecule has 1 aliphatic heterocycles. The highest BCUT2D eigenvalue weighted by atomic mass is 32.1. The highest BCUT2D eigenvalue weighted by Crippen LogP contribution is 2.35. The number of likely N-dealkylation sites (N-methyl/N-ethyl adjacent to an activating group) is 1. The zero-order valence-corrected chi connectivity index (χ0v) is 19.7. The first kappa shape index (κ1) is 23.2. The maximum Gasteiger partial charge on any atom is 0.284 e. The number of hydrogen-bond acceptors (Lipinski definition) is 7. The van der Waals surface area contributed by atoms with Crippen LogP contribution in [0.4, 0.5) is 5.69 Å². The number of hydrogen-bond donors (Lipinski definition) is 3. The van der Waals surface area contributed by atoms with Gasteiger partial charge in [0, 0.05) is 19.0 Å². The maximum atomic E-state index is 13.4. The summed E-state index contributed by atoms with van der Waals surface area (Å²) in [4.78, 5) is 32.6. The number of aliphatic hydroxyl groups excluding tert-OH is 1. The van der Waals surface area contributed by atoms with E-state index in [9.17, 15) is 14.7 Å². The van der Waals surface area contributed by atoms with Crippen LogP contribution in [0.5, 0.6) is 5.75 Å². The number of para-hydroxylation sites is 2. The Labute approximate surface area is 196 Å². The highest BCUT2D eigenvalue weighted by Gasteiger charge is 2.34. The first-order valence-corrected chi connectivity index (χ1v) is 11.8. The number of nitrogens with one attached hydrogen (secondary N) is 2. The number of fused-ring (bicyclic) bond motifs is 2. The normalized spacial score (nSPS) is 19.4. The van der Waals surface area contributed by atoms with Crippen molar-refractivity contribution in [3.8, 4) is 5.75 Å². The fraction of sp³-hybridized carbons (Fsp3) is 0.375. The van der Waals surface area contributed by atoms with E-state index >= 15 is 0 Å². The van der Waals surface area contributed by atoms with Crippen molar-refractivity contribution >= 4 is 39.1 Å². The molecule has 0 fully saturated rings. The molecule has 3 atom stereocenters. The zero-order chi connectivity index (χ0) is 23.5. The number of carbonyl (C=O) groups is 2. The summed E-state index contributed by atoms with van der Waals surface area (Å²) in [6.07, 6.45) is -0.240. The molecule has 8 nitrogen and oxygen atoms in total. The average Bonchev–Trinajstić information content (AvgIpc) is 3.26. The maximum absolute atomic E-state index is 13.4. The van der Waals surface area contributed by atoms with Gasteiger partial charge in [-0.05, 0) is 38.2 Å². The molecule has 1 aliphatic rings. The van der Waals surface area contributed by atoms with Crippen LogP contribution in [-0.4, -0.2) is 65.7 Å². The number of rotatable bonds is 6. The summed E-state index contributed by atoms with van der Waals surface area (Å²) >= 11 is 1.31. The van der Waals surface area contributed by atoms with Gasteiger partial charge in [-0.15, -0.1) is 11.3 Å². The second-order valence-corrected chi connectivity index (χ2v) is 9.33. The number of ether oxygens (including phenoxy) is 1. The van der Waals surface area contributed by atoms with Gasteiger partial charge in [-0.2, -0.15) is 0 Å². The Bertz CT molecular complexity index is 1130. The summed E-state index contributed by atoms with van der Waals surface area (Å²) in [5, 5.41) is 16.1. The van der Waals surface area contributed by atoms with Crippen LogP contribution in [0.3, 0.4) is 0 Å². The molecule has 2 heterocycles. The van der Waals surface area contributed by atoms with Gasteiger partial charge in [0.1, 0.15) is 6.10 Å². The van der Waals surface area contributed by atoms with Gasteiger partial charge < -0.3 is 25.4 Å². The van der Waals surface area contributed by atoms with Crippen molar-refractivity contribution in [3.63, 3.8) is 0 Å². The van der Waals surface area contributed by atoms with Crippen LogP contribution >= 0.6 is 11.3 Å². The second kappa shape index (κ2) is 9.86. The van der Waals surface area contributed by atoms with Crippen LogP contribution in [-0.2, 0) is 0 Å². The van der Waals surface area contributed by atoms with E-state index in [0.29, 0.717) is 35.1 Å². The number of anilines is 1. The van der Waals surface area contributed by atoms with E-state index in [1.165, 1.54) is 11.3 Å². The highest BCUT2D eigenvalue weighted by molar-refractivity contribution is 7.20. The quantitative estimate of drug-likeness (QED) is 0.514. The molecule has 1 aromatic heterocycles. The Hall–Kier alpha value is -3.01. The zero-order valence-electron chi connectivity index (χ0n) is 18.9. The van der Waals surface area contributed by atoms with Gasteiger partial charge in [-0.3, -0.25) is 9.59 Å². The van der Waals surface area contributed by atoms with Crippen molar-refractivity contribution in [1.29, 1.82) is 0 Å². The largest absolute Gasteiger partial charge is 0.486 e. The molecule has 2 aromatic carbocycles. The summed E-state index contributed by atoms with van der Waals surface area (Å²) in [6, 6.07) is 12.4. The molecule has 33 heavy (non-hydrogen) atoms. The lowest BCUT2D eigenvalue weighted by Crippen LogP contribution is -2.49. The molecule has 0 bridgehead atoms. The molecule has 0 spiro atoms. The van der Waals surface area contributed by atoms with Gasteiger partial charge in [0.25, 0.3) is 11.8 Å². The van der Waals surface area contributed by atoms with Crippen LogP contribution in [0, 0.1) is 5.92 Å². The summed E-state index contributed by atoms with van der Waals surface area (Å²) in [5.41, 5.74) is 1.53. The number of nitrogens with zero attached hydrogens (tertiary/aromatic N) is 2. The number of aliphatic hydroxyl groups is 1. The van der Waals surface area contributed by atoms with E-state index in [-0.39, 0.29) is 36.5 Å². The third-order valence-electron chi connectivity index (χ3n) is 5.83. The minimum atomic E-state index is -0.360. The molecule has 3 N–H and O–H groups in total. The number of benzene rings is 2. The number of amides is 2. The van der Waals surface area contributed by atoms with E-state index < -0.39 is 0 Å². The fourth-order valence-electron chi connectivity index (χ4n) is 3.93. The predicted octanol–water partition coefficient (Wildman–Crippen LogP) is 2.99. The van der Waals surface area contributed by atoms with Crippen molar-refractivity contribution in [2.24, 2.45) is 5.92 Å². The SMILES string of the molecule is CNC[C@@H]1Oc2c(NC(=O)c3nc4ccccc4s3)cccc2C(=O)N([C@@H](C)CO)C[C@@H]1C. The van der Waals surface area contributed by atoms with Crippen molar-refractivity contribution in [2.45, 2.75) is 26.0 Å². The first-order valence-electron chi connectivity index (χ1n) is 11.0. The Morgan fingerprint density at radius 1 is 1.30 bits per heavy atom. The Kier molecular flexibility index (Phi) is 6.92. The summed E-state index contributed by atoms with van der Waals surface area (Å²) < 4.78 is 7.27. The van der Waals surface area contributed by atoms with Gasteiger partial charge in [0.2, 0.25) is 0 Å². The van der Waals surface area contributed by atoms with Crippen molar-refractivity contribution < 1.29 is 19.4 Å². The van der Waals surface area contributed by atoms with Crippen LogP contribution in [0.1, 0.15) is 34.0 Å². The van der Waals surface area contributed by atoms with E-state index in [1.807, 2.05) is 45.2 Å². The van der Waals surface area contributed by atoms with Crippen molar-refractivity contribution in [2.75, 3.05) is 32.1 Å². The molecule has 2 amide bonds. The van der Waals surface area contributed by atoms with Crippen LogP contribution < -0.4 is 15.4 Å². The van der Waals surface area contributed by atoms with Gasteiger partial charge >= 0.3 is 0 Å². The third kappa shape index (κ3) is 4.71. The standard InChI is InChI=1S/C24H28N4O4S/c1-14-12-28(15(2)13-29)24(31)16-7-6-9-18(21(16)32-19(14)11-25-3)26-22(30)23-27-17-8-4-5-10-20(17)33-23/h4-10,14-15,19,25,29H,11-13H2,1-3H3,(H,26,30)/t14-,15-,19-/m0/s1. The van der Waals surface area contributed by atoms with Crippen molar-refractivity contribution in [3.05, 3.63) is 53.0 Å². The number of aromatic nitrogens is 1. The molecule has 0 saturated heterocycles. The molecule has 3 aromatic rings. The minimum Gasteiger partial charge on any atom is -0.486 e. The fourth-order valence-corrected chi connectivity index (χ4v) is 4.79. The molecule has 9 heteroatoms. The molecular formula is C24H28N4O4S. The lowest BCUT2D eigenvalue weighted by atomic mass is 9.99. The minimum absolute atomic E-state index is 0.00318. The molecule has 174 valence electrons. The lowest BCUT2D eigenvalue weighted by Gasteiger charge is -2.37. The summed E-state index contributed by atoms with van der Waals surface area (Å²) in [7, 11) is 1.84. The second-order valence-electron chi connectivity index (χ2n) is 8.30. The number of thiazole rings is 1. The summed E-state index contributed by atoms with van der Waals surface area (Å²) in [5.74, 6) is -0.269. The third-order valence-corrected chi connectivity index (χ3v) is 6.87. The average molecular weight is 469 g/mol. The lowest BCUT2D eigenvalue weighted by molar-refractivity contribution is 0.0417. The van der Waals surface area contributed by atoms with Crippen LogP contribution in [0.25, 0.3) is 10.2 Å². The van der Waals surface area contributed by atoms with E-state index in [0.717, 1.165) is 10.2 Å². The topological polar surface area (TPSA) is 104 Å². The van der Waals surface area contributed by atoms with Crippen LogP contribution in [0.15, 0.2) is 42.5 Å². The smallest absolute Gasteiger partial charge is 0.284 e.